The lowest BCUT2D eigenvalue weighted by Crippen LogP contribution is -2.04. The van der Waals surface area contributed by atoms with Crippen LogP contribution in [0, 0.1) is 0 Å². The molecule has 0 fully saturated rings. The zero-order valence-corrected chi connectivity index (χ0v) is 4.55. The molecule has 0 aromatic carbocycles. The SMILES string of the molecule is CC/C([O-])=C/C(=O)O. The molecule has 0 bridgehead atoms. The van der Waals surface area contributed by atoms with Gasteiger partial charge < -0.3 is 10.2 Å². The Morgan fingerprint density at radius 3 is 2.50 bits per heavy atom. The number of hydrogen-bond donors (Lipinski definition) is 1. The second-order valence-electron chi connectivity index (χ2n) is 1.30. The van der Waals surface area contributed by atoms with E-state index in [0.717, 1.165) is 0 Å². The Morgan fingerprint density at radius 2 is 2.38 bits per heavy atom. The third kappa shape index (κ3) is 3.21. The van der Waals surface area contributed by atoms with Crippen LogP contribution in [0.5, 0.6) is 0 Å². The molecule has 0 aromatic heterocycles. The summed E-state index contributed by atoms with van der Waals surface area (Å²) in [5.41, 5.74) is 0. The van der Waals surface area contributed by atoms with E-state index < -0.39 is 5.97 Å². The molecular weight excluding hydrogens is 108 g/mol. The van der Waals surface area contributed by atoms with Gasteiger partial charge in [0.1, 0.15) is 0 Å². The maximum Gasteiger partial charge on any atom is 0.327 e. The van der Waals surface area contributed by atoms with Gasteiger partial charge in [0.05, 0.1) is 0 Å². The first kappa shape index (κ1) is 7.01. The molecule has 0 atom stereocenters. The fraction of sp³-hybridized carbons (Fsp3) is 0.400. The van der Waals surface area contributed by atoms with Gasteiger partial charge in [0.15, 0.2) is 0 Å². The van der Waals surface area contributed by atoms with Gasteiger partial charge in [-0.1, -0.05) is 6.92 Å². The lowest BCUT2D eigenvalue weighted by atomic mass is 10.4. The van der Waals surface area contributed by atoms with Crippen LogP contribution in [0.2, 0.25) is 0 Å². The molecule has 0 radical (unpaired) electrons. The smallest absolute Gasteiger partial charge is 0.327 e. The maximum absolute atomic E-state index is 10.2. The first-order valence-electron chi connectivity index (χ1n) is 2.27. The Labute approximate surface area is 47.3 Å². The molecule has 0 aliphatic heterocycles. The van der Waals surface area contributed by atoms with Crippen molar-refractivity contribution in [2.24, 2.45) is 0 Å². The van der Waals surface area contributed by atoms with Crippen molar-refractivity contribution in [3.63, 3.8) is 0 Å². The van der Waals surface area contributed by atoms with E-state index >= 15 is 0 Å². The number of aliphatic carboxylic acids is 1. The Kier molecular flexibility index (Phi) is 2.69. The molecule has 0 unspecified atom stereocenters. The normalized spacial score (nSPS) is 11.4. The van der Waals surface area contributed by atoms with E-state index in [9.17, 15) is 9.90 Å². The van der Waals surface area contributed by atoms with Crippen molar-refractivity contribution >= 4 is 5.97 Å². The van der Waals surface area contributed by atoms with Gasteiger partial charge in [-0.15, -0.1) is 5.76 Å². The standard InChI is InChI=1S/C5H8O3/c1-2-4(6)3-5(7)8/h3,6H,2H2,1H3,(H,7,8)/p-1/b4-3-. The van der Waals surface area contributed by atoms with Crippen LogP contribution < -0.4 is 5.11 Å². The molecule has 1 N–H and O–H groups in total. The molecule has 3 nitrogen and oxygen atoms in total. The molecule has 0 aliphatic rings. The summed E-state index contributed by atoms with van der Waals surface area (Å²) in [6.07, 6.45) is 0.923. The monoisotopic (exact) mass is 115 g/mol. The summed E-state index contributed by atoms with van der Waals surface area (Å²) in [6.45, 7) is 1.61. The number of carboxylic acids is 1. The van der Waals surface area contributed by atoms with Crippen molar-refractivity contribution in [2.75, 3.05) is 0 Å². The molecule has 3 heteroatoms. The zero-order valence-electron chi connectivity index (χ0n) is 4.55. The molecular formula is C5H7O3-. The van der Waals surface area contributed by atoms with Crippen LogP contribution in [0.3, 0.4) is 0 Å². The van der Waals surface area contributed by atoms with Gasteiger partial charge in [-0.05, 0) is 6.42 Å². The molecule has 0 saturated heterocycles. The minimum Gasteiger partial charge on any atom is -0.875 e. The van der Waals surface area contributed by atoms with E-state index in [1.165, 1.54) is 0 Å². The number of rotatable bonds is 2. The highest BCUT2D eigenvalue weighted by atomic mass is 16.4. The van der Waals surface area contributed by atoms with Crippen molar-refractivity contribution in [2.45, 2.75) is 13.3 Å². The van der Waals surface area contributed by atoms with Gasteiger partial charge in [-0.3, -0.25) is 0 Å². The molecule has 0 aromatic rings. The van der Waals surface area contributed by atoms with E-state index in [4.69, 9.17) is 5.11 Å². The van der Waals surface area contributed by atoms with E-state index in [-0.39, 0.29) is 12.2 Å². The minimum atomic E-state index is -1.17. The largest absolute Gasteiger partial charge is 0.875 e. The summed E-state index contributed by atoms with van der Waals surface area (Å²) < 4.78 is 0. The number of hydrogen-bond acceptors (Lipinski definition) is 2. The maximum atomic E-state index is 10.2. The van der Waals surface area contributed by atoms with Gasteiger partial charge in [0.2, 0.25) is 0 Å². The van der Waals surface area contributed by atoms with Crippen molar-refractivity contribution in [3.05, 3.63) is 11.8 Å². The fourth-order valence-corrected chi connectivity index (χ4v) is 0.240. The molecule has 0 aliphatic carbocycles. The summed E-state index contributed by atoms with van der Waals surface area (Å²) >= 11 is 0. The first-order valence-corrected chi connectivity index (χ1v) is 2.27. The predicted octanol–water partition coefficient (Wildman–Crippen LogP) is -0.275. The van der Waals surface area contributed by atoms with Crippen LogP contribution in [0.25, 0.3) is 0 Å². The molecule has 0 rings (SSSR count). The summed E-state index contributed by atoms with van der Waals surface area (Å²) in [7, 11) is 0. The lowest BCUT2D eigenvalue weighted by molar-refractivity contribution is -0.306. The van der Waals surface area contributed by atoms with E-state index in [1.54, 1.807) is 6.92 Å². The van der Waals surface area contributed by atoms with Gasteiger partial charge in [-0.25, -0.2) is 4.79 Å². The van der Waals surface area contributed by atoms with Crippen LogP contribution in [0.4, 0.5) is 0 Å². The van der Waals surface area contributed by atoms with Crippen molar-refractivity contribution in [1.29, 1.82) is 0 Å². The minimum absolute atomic E-state index is 0.256. The third-order valence-corrected chi connectivity index (χ3v) is 0.633. The first-order chi connectivity index (χ1) is 3.66. The second kappa shape index (κ2) is 3.07. The van der Waals surface area contributed by atoms with Crippen LogP contribution >= 0.6 is 0 Å². The molecule has 0 amide bonds. The Morgan fingerprint density at radius 1 is 1.88 bits per heavy atom. The number of carboxylic acid groups (broad SMARTS) is 1. The molecule has 8 heavy (non-hydrogen) atoms. The summed E-state index contributed by atoms with van der Waals surface area (Å²) in [6, 6.07) is 0. The quantitative estimate of drug-likeness (QED) is 0.398. The van der Waals surface area contributed by atoms with Crippen molar-refractivity contribution < 1.29 is 15.0 Å². The highest BCUT2D eigenvalue weighted by Crippen LogP contribution is 1.86. The summed E-state index contributed by atoms with van der Waals surface area (Å²) in [5, 5.41) is 18.1. The van der Waals surface area contributed by atoms with Crippen LogP contribution in [0.15, 0.2) is 11.8 Å². The van der Waals surface area contributed by atoms with Gasteiger partial charge in [0.25, 0.3) is 0 Å². The Balaban J connectivity index is 3.75. The lowest BCUT2D eigenvalue weighted by Gasteiger charge is -2.03. The van der Waals surface area contributed by atoms with Crippen molar-refractivity contribution in [1.82, 2.24) is 0 Å². The average Bonchev–Trinajstić information content (AvgIpc) is 1.65. The number of carbonyl (C=O) groups is 1. The molecule has 0 saturated carbocycles. The summed E-state index contributed by atoms with van der Waals surface area (Å²) in [4.78, 5) is 9.69. The average molecular weight is 115 g/mol. The zero-order chi connectivity index (χ0) is 6.57. The van der Waals surface area contributed by atoms with Crippen LogP contribution in [-0.4, -0.2) is 11.1 Å². The highest BCUT2D eigenvalue weighted by Gasteiger charge is 1.83. The predicted molar refractivity (Wildman–Crippen MR) is 26.0 cm³/mol. The van der Waals surface area contributed by atoms with E-state index in [1.807, 2.05) is 0 Å². The van der Waals surface area contributed by atoms with Gasteiger partial charge >= 0.3 is 5.97 Å². The molecule has 46 valence electrons. The number of allylic oxidation sites excluding steroid dienone is 1. The fourth-order valence-electron chi connectivity index (χ4n) is 0.240. The second-order valence-corrected chi connectivity index (χ2v) is 1.30. The third-order valence-electron chi connectivity index (χ3n) is 0.633. The molecule has 0 heterocycles. The van der Waals surface area contributed by atoms with E-state index in [2.05, 4.69) is 0 Å². The van der Waals surface area contributed by atoms with Gasteiger partial charge in [-0.2, -0.15) is 0 Å². The van der Waals surface area contributed by atoms with Crippen molar-refractivity contribution in [3.8, 4) is 0 Å². The topological polar surface area (TPSA) is 60.4 Å². The van der Waals surface area contributed by atoms with Crippen LogP contribution in [-0.2, 0) is 4.79 Å². The molecule has 0 spiro atoms. The van der Waals surface area contributed by atoms with Gasteiger partial charge in [0, 0.05) is 6.08 Å². The van der Waals surface area contributed by atoms with E-state index in [0.29, 0.717) is 6.08 Å². The highest BCUT2D eigenvalue weighted by molar-refractivity contribution is 5.80. The Hall–Kier alpha value is -0.990. The van der Waals surface area contributed by atoms with Crippen LogP contribution in [0.1, 0.15) is 13.3 Å². The Bertz CT molecular complexity index is 115. The summed E-state index contributed by atoms with van der Waals surface area (Å²) in [5.74, 6) is -1.52.